The lowest BCUT2D eigenvalue weighted by molar-refractivity contribution is -0.0189. The van der Waals surface area contributed by atoms with Crippen LogP contribution in [0.25, 0.3) is 0 Å². The predicted octanol–water partition coefficient (Wildman–Crippen LogP) is 1.94. The molecule has 1 saturated heterocycles. The standard InChI is InChI=1S/C14H21FN2O/c1-11-10-17(8-9-18-11)7-6-14(16)12-2-4-13(15)5-3-12/h2-5,11,14H,6-10,16H2,1H3. The Hall–Kier alpha value is -0.970. The van der Waals surface area contributed by atoms with Gasteiger partial charge in [-0.2, -0.15) is 0 Å². The first-order valence-corrected chi connectivity index (χ1v) is 6.50. The summed E-state index contributed by atoms with van der Waals surface area (Å²) in [4.78, 5) is 2.37. The second-order valence-electron chi connectivity index (χ2n) is 4.93. The number of hydrogen-bond donors (Lipinski definition) is 1. The lowest BCUT2D eigenvalue weighted by atomic mass is 10.0. The molecule has 0 amide bonds. The van der Waals surface area contributed by atoms with Crippen LogP contribution in [0.3, 0.4) is 0 Å². The van der Waals surface area contributed by atoms with Crippen LogP contribution < -0.4 is 5.73 Å². The number of nitrogens with two attached hydrogens (primary N) is 1. The maximum absolute atomic E-state index is 12.8. The molecule has 0 aliphatic carbocycles. The highest BCUT2D eigenvalue weighted by atomic mass is 19.1. The van der Waals surface area contributed by atoms with Gasteiger partial charge in [0, 0.05) is 25.7 Å². The van der Waals surface area contributed by atoms with E-state index in [2.05, 4.69) is 11.8 Å². The van der Waals surface area contributed by atoms with Crippen molar-refractivity contribution in [2.75, 3.05) is 26.2 Å². The topological polar surface area (TPSA) is 38.5 Å². The lowest BCUT2D eigenvalue weighted by Gasteiger charge is -2.31. The van der Waals surface area contributed by atoms with Gasteiger partial charge in [0.15, 0.2) is 0 Å². The molecular weight excluding hydrogens is 231 g/mol. The molecule has 18 heavy (non-hydrogen) atoms. The molecule has 1 aliphatic rings. The summed E-state index contributed by atoms with van der Waals surface area (Å²) in [7, 11) is 0. The van der Waals surface area contributed by atoms with Crippen molar-refractivity contribution in [3.63, 3.8) is 0 Å². The Morgan fingerprint density at radius 1 is 1.44 bits per heavy atom. The van der Waals surface area contributed by atoms with Gasteiger partial charge in [-0.05, 0) is 31.0 Å². The average Bonchev–Trinajstić information content (AvgIpc) is 2.37. The number of halogens is 1. The normalized spacial score (nSPS) is 22.9. The van der Waals surface area contributed by atoms with E-state index in [1.165, 1.54) is 12.1 Å². The molecule has 1 aromatic carbocycles. The maximum Gasteiger partial charge on any atom is 0.123 e. The highest BCUT2D eigenvalue weighted by Crippen LogP contribution is 2.16. The quantitative estimate of drug-likeness (QED) is 0.890. The van der Waals surface area contributed by atoms with E-state index in [1.807, 2.05) is 0 Å². The Morgan fingerprint density at radius 3 is 2.83 bits per heavy atom. The summed E-state index contributed by atoms with van der Waals surface area (Å²) in [6, 6.07) is 6.44. The first kappa shape index (κ1) is 13.5. The van der Waals surface area contributed by atoms with Crippen LogP contribution in [0.4, 0.5) is 4.39 Å². The molecule has 2 N–H and O–H groups in total. The van der Waals surface area contributed by atoms with Crippen molar-refractivity contribution >= 4 is 0 Å². The van der Waals surface area contributed by atoms with E-state index in [0.29, 0.717) is 6.10 Å². The van der Waals surface area contributed by atoms with Crippen molar-refractivity contribution in [3.05, 3.63) is 35.6 Å². The van der Waals surface area contributed by atoms with E-state index >= 15 is 0 Å². The zero-order valence-corrected chi connectivity index (χ0v) is 10.8. The van der Waals surface area contributed by atoms with Crippen LogP contribution in [0.2, 0.25) is 0 Å². The second kappa shape index (κ2) is 6.27. The number of benzene rings is 1. The fourth-order valence-corrected chi connectivity index (χ4v) is 2.29. The first-order valence-electron chi connectivity index (χ1n) is 6.50. The summed E-state index contributed by atoms with van der Waals surface area (Å²) in [5, 5.41) is 0. The largest absolute Gasteiger partial charge is 0.376 e. The molecule has 0 spiro atoms. The molecule has 1 aliphatic heterocycles. The molecule has 0 bridgehead atoms. The van der Waals surface area contributed by atoms with E-state index in [0.717, 1.165) is 38.2 Å². The summed E-state index contributed by atoms with van der Waals surface area (Å²) in [6.45, 7) is 5.79. The minimum atomic E-state index is -0.215. The summed E-state index contributed by atoms with van der Waals surface area (Å²) in [5.41, 5.74) is 7.11. The van der Waals surface area contributed by atoms with Crippen molar-refractivity contribution in [1.82, 2.24) is 4.90 Å². The van der Waals surface area contributed by atoms with Crippen LogP contribution >= 0.6 is 0 Å². The van der Waals surface area contributed by atoms with Gasteiger partial charge >= 0.3 is 0 Å². The summed E-state index contributed by atoms with van der Waals surface area (Å²) in [6.07, 6.45) is 1.19. The van der Waals surface area contributed by atoms with E-state index < -0.39 is 0 Å². The number of hydrogen-bond acceptors (Lipinski definition) is 3. The Bertz CT molecular complexity index is 369. The molecule has 2 unspecified atom stereocenters. The maximum atomic E-state index is 12.8. The third-order valence-corrected chi connectivity index (χ3v) is 3.38. The number of nitrogens with zero attached hydrogens (tertiary/aromatic N) is 1. The molecule has 1 aromatic rings. The van der Waals surface area contributed by atoms with E-state index in [4.69, 9.17) is 10.5 Å². The van der Waals surface area contributed by atoms with Crippen molar-refractivity contribution in [2.45, 2.75) is 25.5 Å². The van der Waals surface area contributed by atoms with E-state index in [-0.39, 0.29) is 11.9 Å². The number of ether oxygens (including phenoxy) is 1. The SMILES string of the molecule is CC1CN(CCC(N)c2ccc(F)cc2)CCO1. The van der Waals surface area contributed by atoms with Gasteiger partial charge in [-0.25, -0.2) is 4.39 Å². The molecule has 3 nitrogen and oxygen atoms in total. The molecule has 1 heterocycles. The Balaban J connectivity index is 1.80. The predicted molar refractivity (Wildman–Crippen MR) is 69.8 cm³/mol. The van der Waals surface area contributed by atoms with Crippen molar-refractivity contribution in [1.29, 1.82) is 0 Å². The molecule has 1 fully saturated rings. The minimum Gasteiger partial charge on any atom is -0.376 e. The highest BCUT2D eigenvalue weighted by molar-refractivity contribution is 5.19. The van der Waals surface area contributed by atoms with Crippen LogP contribution in [0.15, 0.2) is 24.3 Å². The van der Waals surface area contributed by atoms with E-state index in [1.54, 1.807) is 12.1 Å². The third-order valence-electron chi connectivity index (χ3n) is 3.38. The smallest absolute Gasteiger partial charge is 0.123 e. The van der Waals surface area contributed by atoms with E-state index in [9.17, 15) is 4.39 Å². The van der Waals surface area contributed by atoms with Crippen molar-refractivity contribution in [2.24, 2.45) is 5.73 Å². The molecular formula is C14H21FN2O. The number of morpholine rings is 1. The summed E-state index contributed by atoms with van der Waals surface area (Å²) in [5.74, 6) is -0.215. The van der Waals surface area contributed by atoms with Gasteiger partial charge in [0.05, 0.1) is 12.7 Å². The van der Waals surface area contributed by atoms with Gasteiger partial charge in [0.1, 0.15) is 5.82 Å². The summed E-state index contributed by atoms with van der Waals surface area (Å²) >= 11 is 0. The van der Waals surface area contributed by atoms with Gasteiger partial charge in [-0.3, -0.25) is 4.90 Å². The Labute approximate surface area is 108 Å². The van der Waals surface area contributed by atoms with Gasteiger partial charge in [-0.15, -0.1) is 0 Å². The molecule has 4 heteroatoms. The third kappa shape index (κ3) is 3.77. The highest BCUT2D eigenvalue weighted by Gasteiger charge is 2.17. The average molecular weight is 252 g/mol. The Kier molecular flexibility index (Phi) is 4.69. The fourth-order valence-electron chi connectivity index (χ4n) is 2.29. The van der Waals surface area contributed by atoms with Gasteiger partial charge in [0.25, 0.3) is 0 Å². The second-order valence-corrected chi connectivity index (χ2v) is 4.93. The van der Waals surface area contributed by atoms with Crippen LogP contribution in [-0.2, 0) is 4.74 Å². The molecule has 2 atom stereocenters. The molecule has 0 aromatic heterocycles. The van der Waals surface area contributed by atoms with Gasteiger partial charge < -0.3 is 10.5 Å². The first-order chi connectivity index (χ1) is 8.65. The molecule has 0 saturated carbocycles. The van der Waals surface area contributed by atoms with Gasteiger partial charge in [-0.1, -0.05) is 12.1 Å². The lowest BCUT2D eigenvalue weighted by Crippen LogP contribution is -2.42. The van der Waals surface area contributed by atoms with Crippen molar-refractivity contribution < 1.29 is 9.13 Å². The van der Waals surface area contributed by atoms with Crippen molar-refractivity contribution in [3.8, 4) is 0 Å². The fraction of sp³-hybridized carbons (Fsp3) is 0.571. The molecule has 2 rings (SSSR count). The van der Waals surface area contributed by atoms with Gasteiger partial charge in [0.2, 0.25) is 0 Å². The summed E-state index contributed by atoms with van der Waals surface area (Å²) < 4.78 is 18.3. The van der Waals surface area contributed by atoms with Crippen LogP contribution in [-0.4, -0.2) is 37.2 Å². The Morgan fingerprint density at radius 2 is 2.17 bits per heavy atom. The minimum absolute atomic E-state index is 0.0243. The van der Waals surface area contributed by atoms with Crippen LogP contribution in [0.1, 0.15) is 24.9 Å². The zero-order valence-electron chi connectivity index (χ0n) is 10.8. The van der Waals surface area contributed by atoms with Crippen LogP contribution in [0.5, 0.6) is 0 Å². The number of rotatable bonds is 4. The molecule has 0 radical (unpaired) electrons. The van der Waals surface area contributed by atoms with Crippen LogP contribution in [0, 0.1) is 5.82 Å². The monoisotopic (exact) mass is 252 g/mol. The zero-order chi connectivity index (χ0) is 13.0. The molecule has 100 valence electrons.